The third-order valence-electron chi connectivity index (χ3n) is 6.89. The largest absolute Gasteiger partial charge is 0.507 e. The Morgan fingerprint density at radius 3 is 2.08 bits per heavy atom. The predicted octanol–water partition coefficient (Wildman–Crippen LogP) is 6.54. The standard InChI is InChI=1S/C30H31Cl2N3O4/c1-6-34(7-2)21-12-14-22(15-13-21)35-26(18-8-10-20(11-9-18)33(3)4)25(28(37)30(35)38)27(36)23-16-19(31)17-24(32)29(23)39-5/h8-17,26,36H,6-7H2,1-5H3/b27-25+. The molecule has 0 aromatic heterocycles. The van der Waals surface area contributed by atoms with E-state index in [9.17, 15) is 14.7 Å². The van der Waals surface area contributed by atoms with E-state index in [1.807, 2.05) is 67.5 Å². The Balaban J connectivity index is 1.93. The van der Waals surface area contributed by atoms with Crippen LogP contribution >= 0.6 is 23.2 Å². The maximum atomic E-state index is 13.6. The first kappa shape index (κ1) is 28.3. The van der Waals surface area contributed by atoms with Crippen molar-refractivity contribution < 1.29 is 19.4 Å². The number of nitrogens with zero attached hydrogens (tertiary/aromatic N) is 3. The van der Waals surface area contributed by atoms with Gasteiger partial charge in [0, 0.05) is 49.3 Å². The Bertz CT molecular complexity index is 1420. The van der Waals surface area contributed by atoms with Crippen molar-refractivity contribution in [2.24, 2.45) is 0 Å². The molecular weight excluding hydrogens is 537 g/mol. The minimum atomic E-state index is -0.900. The maximum Gasteiger partial charge on any atom is 0.300 e. The van der Waals surface area contributed by atoms with Crippen LogP contribution in [0.3, 0.4) is 0 Å². The molecule has 0 spiro atoms. The summed E-state index contributed by atoms with van der Waals surface area (Å²) in [6, 6.07) is 17.0. The molecule has 1 aliphatic heterocycles. The van der Waals surface area contributed by atoms with Gasteiger partial charge in [-0.1, -0.05) is 35.3 Å². The Morgan fingerprint density at radius 2 is 1.54 bits per heavy atom. The van der Waals surface area contributed by atoms with Crippen LogP contribution in [0.4, 0.5) is 17.1 Å². The summed E-state index contributed by atoms with van der Waals surface area (Å²) in [7, 11) is 5.25. The van der Waals surface area contributed by atoms with Gasteiger partial charge in [-0.25, -0.2) is 0 Å². The normalized spacial score (nSPS) is 16.5. The molecule has 7 nitrogen and oxygen atoms in total. The van der Waals surface area contributed by atoms with Crippen LogP contribution < -0.4 is 19.4 Å². The summed E-state index contributed by atoms with van der Waals surface area (Å²) in [6.45, 7) is 5.82. The second kappa shape index (κ2) is 11.6. The molecule has 3 aromatic carbocycles. The number of carbonyl (C=O) groups is 2. The summed E-state index contributed by atoms with van der Waals surface area (Å²) in [5.41, 5.74) is 3.18. The first-order chi connectivity index (χ1) is 18.6. The van der Waals surface area contributed by atoms with Crippen LogP contribution in [0.2, 0.25) is 10.0 Å². The molecule has 1 amide bonds. The number of benzene rings is 3. The third kappa shape index (κ3) is 5.29. The van der Waals surface area contributed by atoms with Gasteiger partial charge < -0.3 is 19.6 Å². The predicted molar refractivity (Wildman–Crippen MR) is 159 cm³/mol. The molecule has 0 radical (unpaired) electrons. The highest BCUT2D eigenvalue weighted by Gasteiger charge is 2.47. The van der Waals surface area contributed by atoms with Crippen molar-refractivity contribution in [3.8, 4) is 5.75 Å². The van der Waals surface area contributed by atoms with Gasteiger partial charge >= 0.3 is 0 Å². The zero-order chi connectivity index (χ0) is 28.4. The number of aliphatic hydroxyl groups excluding tert-OH is 1. The fourth-order valence-electron chi connectivity index (χ4n) is 4.87. The van der Waals surface area contributed by atoms with Crippen molar-refractivity contribution >= 4 is 57.7 Å². The molecule has 1 saturated heterocycles. The molecule has 1 fully saturated rings. The molecule has 1 heterocycles. The minimum absolute atomic E-state index is 0.0814. The summed E-state index contributed by atoms with van der Waals surface area (Å²) >= 11 is 12.6. The summed E-state index contributed by atoms with van der Waals surface area (Å²) in [4.78, 5) is 32.7. The highest BCUT2D eigenvalue weighted by atomic mass is 35.5. The average molecular weight is 569 g/mol. The molecule has 1 atom stereocenters. The maximum absolute atomic E-state index is 13.6. The summed E-state index contributed by atoms with van der Waals surface area (Å²) in [5.74, 6) is -1.84. The van der Waals surface area contributed by atoms with E-state index < -0.39 is 23.5 Å². The number of amides is 1. The number of ether oxygens (including phenoxy) is 1. The van der Waals surface area contributed by atoms with Gasteiger partial charge in [0.1, 0.15) is 11.5 Å². The van der Waals surface area contributed by atoms with Crippen LogP contribution in [0.5, 0.6) is 5.75 Å². The van der Waals surface area contributed by atoms with E-state index in [0.717, 1.165) is 24.5 Å². The molecule has 3 aromatic rings. The van der Waals surface area contributed by atoms with Gasteiger partial charge in [-0.2, -0.15) is 0 Å². The van der Waals surface area contributed by atoms with Crippen molar-refractivity contribution in [3.63, 3.8) is 0 Å². The molecule has 0 bridgehead atoms. The Labute approximate surface area is 238 Å². The van der Waals surface area contributed by atoms with Crippen molar-refractivity contribution in [2.75, 3.05) is 49.0 Å². The van der Waals surface area contributed by atoms with E-state index in [-0.39, 0.29) is 26.9 Å². The van der Waals surface area contributed by atoms with Crippen LogP contribution in [-0.4, -0.2) is 51.1 Å². The van der Waals surface area contributed by atoms with E-state index in [2.05, 4.69) is 18.7 Å². The number of rotatable bonds is 8. The Morgan fingerprint density at radius 1 is 0.949 bits per heavy atom. The molecule has 1 N–H and O–H groups in total. The number of Topliss-reactive ketones (excluding diaryl/α,β-unsaturated/α-hetero) is 1. The van der Waals surface area contributed by atoms with E-state index in [4.69, 9.17) is 27.9 Å². The van der Waals surface area contributed by atoms with Crippen molar-refractivity contribution in [1.82, 2.24) is 0 Å². The molecule has 9 heteroatoms. The number of ketones is 1. The molecule has 1 unspecified atom stereocenters. The average Bonchev–Trinajstić information content (AvgIpc) is 3.19. The quantitative estimate of drug-likeness (QED) is 0.189. The number of aliphatic hydroxyl groups is 1. The number of methoxy groups -OCH3 is 1. The van der Waals surface area contributed by atoms with Crippen molar-refractivity contribution in [2.45, 2.75) is 19.9 Å². The van der Waals surface area contributed by atoms with Crippen molar-refractivity contribution in [1.29, 1.82) is 0 Å². The van der Waals surface area contributed by atoms with Gasteiger partial charge in [0.15, 0.2) is 0 Å². The molecule has 0 saturated carbocycles. The molecule has 204 valence electrons. The second-order valence-corrected chi connectivity index (χ2v) is 10.2. The van der Waals surface area contributed by atoms with E-state index >= 15 is 0 Å². The molecule has 39 heavy (non-hydrogen) atoms. The molecular formula is C30H31Cl2N3O4. The van der Waals surface area contributed by atoms with E-state index in [0.29, 0.717) is 11.3 Å². The Hall–Kier alpha value is -3.68. The van der Waals surface area contributed by atoms with Gasteiger partial charge in [-0.05, 0) is 67.9 Å². The van der Waals surface area contributed by atoms with Crippen LogP contribution in [-0.2, 0) is 9.59 Å². The number of anilines is 3. The fourth-order valence-corrected chi connectivity index (χ4v) is 5.44. The monoisotopic (exact) mass is 567 g/mol. The SMILES string of the molecule is CCN(CC)c1ccc(N2C(=O)C(=O)/C(=C(/O)c3cc(Cl)cc(Cl)c3OC)C2c2ccc(N(C)C)cc2)cc1. The summed E-state index contributed by atoms with van der Waals surface area (Å²) < 4.78 is 5.42. The second-order valence-electron chi connectivity index (χ2n) is 9.31. The Kier molecular flexibility index (Phi) is 8.42. The fraction of sp³-hybridized carbons (Fsp3) is 0.267. The first-order valence-corrected chi connectivity index (χ1v) is 13.3. The lowest BCUT2D eigenvalue weighted by Gasteiger charge is -2.27. The molecule has 1 aliphatic rings. The number of hydrogen-bond acceptors (Lipinski definition) is 6. The number of hydrogen-bond donors (Lipinski definition) is 1. The van der Waals surface area contributed by atoms with Crippen LogP contribution in [0.1, 0.15) is 31.0 Å². The van der Waals surface area contributed by atoms with Gasteiger partial charge in [-0.15, -0.1) is 0 Å². The summed E-state index contributed by atoms with van der Waals surface area (Å²) in [5, 5.41) is 12.0. The minimum Gasteiger partial charge on any atom is -0.507 e. The van der Waals surface area contributed by atoms with Crippen LogP contribution in [0.15, 0.2) is 66.2 Å². The molecule has 4 rings (SSSR count). The lowest BCUT2D eigenvalue weighted by atomic mass is 9.94. The molecule has 0 aliphatic carbocycles. The smallest absolute Gasteiger partial charge is 0.300 e. The van der Waals surface area contributed by atoms with Gasteiger partial charge in [-0.3, -0.25) is 14.5 Å². The van der Waals surface area contributed by atoms with Gasteiger partial charge in [0.25, 0.3) is 11.7 Å². The topological polar surface area (TPSA) is 73.3 Å². The summed E-state index contributed by atoms with van der Waals surface area (Å²) in [6.07, 6.45) is 0. The lowest BCUT2D eigenvalue weighted by Crippen LogP contribution is -2.29. The zero-order valence-electron chi connectivity index (χ0n) is 22.5. The van der Waals surface area contributed by atoms with Gasteiger partial charge in [0.2, 0.25) is 0 Å². The highest BCUT2D eigenvalue weighted by Crippen LogP contribution is 2.45. The van der Waals surface area contributed by atoms with Gasteiger partial charge in [0.05, 0.1) is 29.3 Å². The van der Waals surface area contributed by atoms with Crippen LogP contribution in [0, 0.1) is 0 Å². The zero-order valence-corrected chi connectivity index (χ0v) is 24.0. The van der Waals surface area contributed by atoms with Crippen molar-refractivity contribution in [3.05, 3.63) is 87.4 Å². The van der Waals surface area contributed by atoms with Crippen LogP contribution in [0.25, 0.3) is 5.76 Å². The third-order valence-corrected chi connectivity index (χ3v) is 7.39. The number of halogens is 2. The first-order valence-electron chi connectivity index (χ1n) is 12.6. The lowest BCUT2D eigenvalue weighted by molar-refractivity contribution is -0.132. The highest BCUT2D eigenvalue weighted by molar-refractivity contribution is 6.52. The van der Waals surface area contributed by atoms with E-state index in [1.54, 1.807) is 0 Å². The van der Waals surface area contributed by atoms with E-state index in [1.165, 1.54) is 24.1 Å². The number of carbonyl (C=O) groups excluding carboxylic acids is 2.